The number of hydrogen-bond acceptors (Lipinski definition) is 3. The zero-order chi connectivity index (χ0) is 11.5. The van der Waals surface area contributed by atoms with Crippen LogP contribution in [0.4, 0.5) is 0 Å². The third-order valence-corrected chi connectivity index (χ3v) is 3.38. The predicted octanol–water partition coefficient (Wildman–Crippen LogP) is 0.557. The van der Waals surface area contributed by atoms with Crippen LogP contribution in [0.15, 0.2) is 5.10 Å². The number of carbonyl (C=O) groups excluding carboxylic acids is 2. The first-order valence-electron chi connectivity index (χ1n) is 5.83. The molecule has 1 saturated carbocycles. The molecule has 0 aromatic carbocycles. The monoisotopic (exact) mass is 223 g/mol. The summed E-state index contributed by atoms with van der Waals surface area (Å²) < 4.78 is 0. The highest BCUT2D eigenvalue weighted by atomic mass is 16.2. The molecule has 2 amide bonds. The Morgan fingerprint density at radius 2 is 2.25 bits per heavy atom. The van der Waals surface area contributed by atoms with Gasteiger partial charge in [0.1, 0.15) is 5.71 Å². The van der Waals surface area contributed by atoms with E-state index in [1.165, 1.54) is 19.3 Å². The van der Waals surface area contributed by atoms with Crippen molar-refractivity contribution in [1.29, 1.82) is 0 Å². The fourth-order valence-electron chi connectivity index (χ4n) is 1.99. The van der Waals surface area contributed by atoms with Crippen LogP contribution in [0.2, 0.25) is 0 Å². The van der Waals surface area contributed by atoms with E-state index in [1.807, 2.05) is 6.92 Å². The maximum absolute atomic E-state index is 11.8. The molecule has 0 spiro atoms. The SMILES string of the molecule is CC(NC(=O)C1=NNC(=O)CC1)C1CCC1. The lowest BCUT2D eigenvalue weighted by molar-refractivity contribution is -0.121. The van der Waals surface area contributed by atoms with E-state index in [-0.39, 0.29) is 17.9 Å². The van der Waals surface area contributed by atoms with Crippen LogP contribution in [-0.4, -0.2) is 23.6 Å². The quantitative estimate of drug-likeness (QED) is 0.733. The Kier molecular flexibility index (Phi) is 3.22. The van der Waals surface area contributed by atoms with Crippen molar-refractivity contribution in [3.05, 3.63) is 0 Å². The number of nitrogens with one attached hydrogen (secondary N) is 2. The van der Waals surface area contributed by atoms with Gasteiger partial charge in [0.25, 0.3) is 5.91 Å². The van der Waals surface area contributed by atoms with Gasteiger partial charge in [-0.1, -0.05) is 6.42 Å². The highest BCUT2D eigenvalue weighted by molar-refractivity contribution is 6.39. The van der Waals surface area contributed by atoms with Crippen LogP contribution in [-0.2, 0) is 9.59 Å². The van der Waals surface area contributed by atoms with Gasteiger partial charge in [0.15, 0.2) is 0 Å². The van der Waals surface area contributed by atoms with Crippen LogP contribution >= 0.6 is 0 Å². The minimum atomic E-state index is -0.139. The van der Waals surface area contributed by atoms with Crippen molar-refractivity contribution in [2.24, 2.45) is 11.0 Å². The average molecular weight is 223 g/mol. The molecule has 0 saturated heterocycles. The van der Waals surface area contributed by atoms with Gasteiger partial charge in [-0.3, -0.25) is 9.59 Å². The third kappa shape index (κ3) is 2.40. The predicted molar refractivity (Wildman–Crippen MR) is 59.8 cm³/mol. The lowest BCUT2D eigenvalue weighted by Crippen LogP contribution is -2.45. The number of nitrogens with zero attached hydrogens (tertiary/aromatic N) is 1. The van der Waals surface area contributed by atoms with Crippen molar-refractivity contribution in [1.82, 2.24) is 10.7 Å². The molecular formula is C11H17N3O2. The molecule has 0 aromatic heterocycles. The minimum Gasteiger partial charge on any atom is -0.348 e. The van der Waals surface area contributed by atoms with Gasteiger partial charge in [-0.05, 0) is 25.7 Å². The van der Waals surface area contributed by atoms with Gasteiger partial charge in [0.2, 0.25) is 5.91 Å². The lowest BCUT2D eigenvalue weighted by atomic mass is 9.80. The Labute approximate surface area is 94.7 Å². The van der Waals surface area contributed by atoms with E-state index in [0.717, 1.165) is 0 Å². The molecule has 1 heterocycles. The summed E-state index contributed by atoms with van der Waals surface area (Å²) in [5, 5.41) is 6.72. The van der Waals surface area contributed by atoms with Gasteiger partial charge in [0, 0.05) is 18.9 Å². The van der Waals surface area contributed by atoms with Crippen LogP contribution in [0, 0.1) is 5.92 Å². The molecule has 1 unspecified atom stereocenters. The van der Waals surface area contributed by atoms with Crippen LogP contribution in [0.5, 0.6) is 0 Å². The molecule has 2 aliphatic rings. The lowest BCUT2D eigenvalue weighted by Gasteiger charge is -2.32. The summed E-state index contributed by atoms with van der Waals surface area (Å²) in [6, 6.07) is 0.210. The fraction of sp³-hybridized carbons (Fsp3) is 0.727. The summed E-state index contributed by atoms with van der Waals surface area (Å²) in [6.45, 7) is 2.03. The van der Waals surface area contributed by atoms with Crippen molar-refractivity contribution in [3.8, 4) is 0 Å². The van der Waals surface area contributed by atoms with E-state index in [9.17, 15) is 9.59 Å². The first-order chi connectivity index (χ1) is 7.66. The van der Waals surface area contributed by atoms with E-state index in [1.54, 1.807) is 0 Å². The first-order valence-corrected chi connectivity index (χ1v) is 5.83. The zero-order valence-electron chi connectivity index (χ0n) is 9.45. The van der Waals surface area contributed by atoms with Gasteiger partial charge in [-0.15, -0.1) is 0 Å². The highest BCUT2D eigenvalue weighted by Gasteiger charge is 2.27. The Balaban J connectivity index is 1.85. The fourth-order valence-corrected chi connectivity index (χ4v) is 1.99. The molecule has 1 fully saturated rings. The summed E-state index contributed by atoms with van der Waals surface area (Å²) in [5.74, 6) is 0.353. The summed E-state index contributed by atoms with van der Waals surface area (Å²) in [5.41, 5.74) is 2.77. The molecule has 5 nitrogen and oxygen atoms in total. The summed E-state index contributed by atoms with van der Waals surface area (Å²) >= 11 is 0. The van der Waals surface area contributed by atoms with E-state index >= 15 is 0 Å². The Bertz CT molecular complexity index is 334. The Hall–Kier alpha value is -1.39. The van der Waals surface area contributed by atoms with Crippen LogP contribution < -0.4 is 10.7 Å². The minimum absolute atomic E-state index is 0.122. The van der Waals surface area contributed by atoms with Crippen molar-refractivity contribution in [2.75, 3.05) is 0 Å². The number of carbonyl (C=O) groups is 2. The van der Waals surface area contributed by atoms with Gasteiger partial charge >= 0.3 is 0 Å². The van der Waals surface area contributed by atoms with Gasteiger partial charge in [-0.25, -0.2) is 5.43 Å². The molecule has 16 heavy (non-hydrogen) atoms. The summed E-state index contributed by atoms with van der Waals surface area (Å²) in [6.07, 6.45) is 4.45. The van der Waals surface area contributed by atoms with Crippen LogP contribution in [0.1, 0.15) is 39.0 Å². The van der Waals surface area contributed by atoms with E-state index < -0.39 is 0 Å². The highest BCUT2D eigenvalue weighted by Crippen LogP contribution is 2.29. The maximum Gasteiger partial charge on any atom is 0.267 e. The normalized spacial score (nSPS) is 22.8. The standard InChI is InChI=1S/C11H17N3O2/c1-7(8-3-2-4-8)12-11(16)9-5-6-10(15)14-13-9/h7-8H,2-6H2,1H3,(H,12,16)(H,14,15). The average Bonchev–Trinajstić information content (AvgIpc) is 2.15. The van der Waals surface area contributed by atoms with Crippen LogP contribution in [0.25, 0.3) is 0 Å². The summed E-state index contributed by atoms with van der Waals surface area (Å²) in [4.78, 5) is 22.6. The Morgan fingerprint density at radius 1 is 1.50 bits per heavy atom. The van der Waals surface area contributed by atoms with Crippen molar-refractivity contribution >= 4 is 17.5 Å². The van der Waals surface area contributed by atoms with E-state index in [4.69, 9.17) is 0 Å². The van der Waals surface area contributed by atoms with Crippen molar-refractivity contribution in [3.63, 3.8) is 0 Å². The molecule has 0 radical (unpaired) electrons. The largest absolute Gasteiger partial charge is 0.348 e. The van der Waals surface area contributed by atoms with Crippen molar-refractivity contribution in [2.45, 2.75) is 45.1 Å². The number of hydrazone groups is 1. The van der Waals surface area contributed by atoms with Gasteiger partial charge in [0.05, 0.1) is 0 Å². The number of rotatable bonds is 3. The second-order valence-electron chi connectivity index (χ2n) is 4.55. The molecule has 1 aliphatic carbocycles. The number of amides is 2. The Morgan fingerprint density at radius 3 is 2.75 bits per heavy atom. The third-order valence-electron chi connectivity index (χ3n) is 3.38. The molecule has 1 atom stereocenters. The molecule has 2 rings (SSSR count). The zero-order valence-corrected chi connectivity index (χ0v) is 9.45. The first kappa shape index (κ1) is 11.1. The van der Waals surface area contributed by atoms with Gasteiger partial charge in [-0.2, -0.15) is 5.10 Å². The molecule has 0 bridgehead atoms. The molecular weight excluding hydrogens is 206 g/mol. The topological polar surface area (TPSA) is 70.6 Å². The second-order valence-corrected chi connectivity index (χ2v) is 4.55. The van der Waals surface area contributed by atoms with Crippen molar-refractivity contribution < 1.29 is 9.59 Å². The molecule has 1 aliphatic heterocycles. The number of hydrogen-bond donors (Lipinski definition) is 2. The van der Waals surface area contributed by atoms with E-state index in [2.05, 4.69) is 15.8 Å². The van der Waals surface area contributed by atoms with Crippen LogP contribution in [0.3, 0.4) is 0 Å². The smallest absolute Gasteiger partial charge is 0.267 e. The molecule has 88 valence electrons. The molecule has 0 aromatic rings. The molecule has 5 heteroatoms. The molecule has 2 N–H and O–H groups in total. The maximum atomic E-state index is 11.8. The van der Waals surface area contributed by atoms with Gasteiger partial charge < -0.3 is 5.32 Å². The summed E-state index contributed by atoms with van der Waals surface area (Å²) in [7, 11) is 0. The second kappa shape index (κ2) is 4.63. The van der Waals surface area contributed by atoms with E-state index in [0.29, 0.717) is 24.5 Å².